The third-order valence-corrected chi connectivity index (χ3v) is 7.36. The average molecular weight is 367 g/mol. The molecule has 0 heteroatoms. The van der Waals surface area contributed by atoms with Gasteiger partial charge in [0.25, 0.3) is 0 Å². The lowest BCUT2D eigenvalue weighted by molar-refractivity contribution is -0.131. The maximum atomic E-state index is 2.46. The predicted octanol–water partition coefficient (Wildman–Crippen LogP) is 9.24. The SMILES string of the molecule is CC(C)(C)C1CC(C(C)(C)C)C1(C)C.CC(C)(C)CC(C)(C)C(C)(C)C. The van der Waals surface area contributed by atoms with Crippen LogP contribution in [0.15, 0.2) is 0 Å². The van der Waals surface area contributed by atoms with Crippen LogP contribution in [0.4, 0.5) is 0 Å². The van der Waals surface area contributed by atoms with Crippen LogP contribution in [0.2, 0.25) is 0 Å². The van der Waals surface area contributed by atoms with E-state index in [2.05, 4.69) is 111 Å². The first-order chi connectivity index (χ1) is 10.9. The predicted molar refractivity (Wildman–Crippen MR) is 122 cm³/mol. The Balaban J connectivity index is 0.000000488. The fraction of sp³-hybridized carbons (Fsp3) is 1.00. The molecule has 0 spiro atoms. The molecule has 0 N–H and O–H groups in total. The molecule has 2 atom stereocenters. The summed E-state index contributed by atoms with van der Waals surface area (Å²) in [5.74, 6) is 1.78. The van der Waals surface area contributed by atoms with Gasteiger partial charge >= 0.3 is 0 Å². The Kier molecular flexibility index (Phi) is 7.44. The summed E-state index contributed by atoms with van der Waals surface area (Å²) in [5.41, 5.74) is 2.75. The molecule has 2 unspecified atom stereocenters. The van der Waals surface area contributed by atoms with E-state index in [1.165, 1.54) is 12.8 Å². The quantitative estimate of drug-likeness (QED) is 0.433. The second-order valence-corrected chi connectivity index (χ2v) is 14.8. The largest absolute Gasteiger partial charge is 0.0602 e. The average Bonchev–Trinajstić information content (AvgIpc) is 2.18. The van der Waals surface area contributed by atoms with Crippen molar-refractivity contribution < 1.29 is 0 Å². The molecule has 0 aromatic rings. The van der Waals surface area contributed by atoms with Gasteiger partial charge in [0.1, 0.15) is 0 Å². The molecule has 0 saturated heterocycles. The lowest BCUT2D eigenvalue weighted by Gasteiger charge is -2.62. The summed E-state index contributed by atoms with van der Waals surface area (Å²) in [6.07, 6.45) is 2.70. The first-order valence-corrected chi connectivity index (χ1v) is 10.9. The van der Waals surface area contributed by atoms with Gasteiger partial charge in [-0.3, -0.25) is 0 Å². The van der Waals surface area contributed by atoms with Crippen LogP contribution in [-0.2, 0) is 0 Å². The molecule has 0 radical (unpaired) electrons. The lowest BCUT2D eigenvalue weighted by Crippen LogP contribution is -2.55. The van der Waals surface area contributed by atoms with E-state index in [1.54, 1.807) is 0 Å². The maximum Gasteiger partial charge on any atom is -0.0287 e. The molecule has 1 aliphatic carbocycles. The van der Waals surface area contributed by atoms with Crippen molar-refractivity contribution in [3.63, 3.8) is 0 Å². The molecule has 0 heterocycles. The van der Waals surface area contributed by atoms with Crippen LogP contribution in [0.3, 0.4) is 0 Å². The Bertz CT molecular complexity index is 412. The molecule has 0 bridgehead atoms. The van der Waals surface area contributed by atoms with Crippen molar-refractivity contribution in [1.82, 2.24) is 0 Å². The summed E-state index contributed by atoms with van der Waals surface area (Å²) in [4.78, 5) is 0. The molecule has 1 saturated carbocycles. The zero-order valence-corrected chi connectivity index (χ0v) is 21.6. The van der Waals surface area contributed by atoms with Crippen LogP contribution >= 0.6 is 0 Å². The standard InChI is InChI=1S/C14H28.C12H26/c1-12(2,3)10-9-11(13(4,5)6)14(10,7)8;1-10(2,3)9-12(7,8)11(4,5)6/h10-11H,9H2,1-8H3;9H2,1-8H3. The molecule has 1 aliphatic rings. The minimum atomic E-state index is 0.403. The van der Waals surface area contributed by atoms with E-state index in [4.69, 9.17) is 0 Å². The monoisotopic (exact) mass is 366 g/mol. The van der Waals surface area contributed by atoms with Crippen molar-refractivity contribution in [2.45, 2.75) is 124 Å². The van der Waals surface area contributed by atoms with Crippen molar-refractivity contribution in [2.24, 2.45) is 44.3 Å². The van der Waals surface area contributed by atoms with E-state index >= 15 is 0 Å². The maximum absolute atomic E-state index is 2.46. The van der Waals surface area contributed by atoms with Gasteiger partial charge in [0.15, 0.2) is 0 Å². The van der Waals surface area contributed by atoms with Crippen LogP contribution in [-0.4, -0.2) is 0 Å². The summed E-state index contributed by atoms with van der Waals surface area (Å²) in [5, 5.41) is 0. The molecule has 158 valence electrons. The smallest absolute Gasteiger partial charge is 0.0287 e. The summed E-state index contributed by atoms with van der Waals surface area (Å²) < 4.78 is 0. The first kappa shape index (κ1) is 26.0. The van der Waals surface area contributed by atoms with Gasteiger partial charge in [-0.15, -0.1) is 0 Å². The van der Waals surface area contributed by atoms with Gasteiger partial charge < -0.3 is 0 Å². The molecule has 0 aliphatic heterocycles. The van der Waals surface area contributed by atoms with Crippen LogP contribution < -0.4 is 0 Å². The van der Waals surface area contributed by atoms with E-state index in [0.717, 1.165) is 11.8 Å². The van der Waals surface area contributed by atoms with Crippen molar-refractivity contribution in [1.29, 1.82) is 0 Å². The van der Waals surface area contributed by atoms with Crippen LogP contribution in [0.5, 0.6) is 0 Å². The van der Waals surface area contributed by atoms with E-state index in [9.17, 15) is 0 Å². The summed E-state index contributed by atoms with van der Waals surface area (Å²) >= 11 is 0. The van der Waals surface area contributed by atoms with Gasteiger partial charge in [-0.1, -0.05) is 111 Å². The molecule has 0 nitrogen and oxygen atoms in total. The van der Waals surface area contributed by atoms with E-state index in [-0.39, 0.29) is 0 Å². The fourth-order valence-electron chi connectivity index (χ4n) is 5.46. The highest BCUT2D eigenvalue weighted by Gasteiger charge is 2.55. The van der Waals surface area contributed by atoms with Gasteiger partial charge in [-0.25, -0.2) is 0 Å². The molecular formula is C26H54. The minimum absolute atomic E-state index is 0.403. The Morgan fingerprint density at radius 2 is 0.923 bits per heavy atom. The molecule has 0 amide bonds. The van der Waals surface area contributed by atoms with Gasteiger partial charge in [0, 0.05) is 0 Å². The van der Waals surface area contributed by atoms with Gasteiger partial charge in [0.05, 0.1) is 0 Å². The van der Waals surface area contributed by atoms with Gasteiger partial charge in [-0.2, -0.15) is 0 Å². The van der Waals surface area contributed by atoms with E-state index < -0.39 is 0 Å². The Morgan fingerprint density at radius 3 is 1.04 bits per heavy atom. The lowest BCUT2D eigenvalue weighted by atomic mass is 9.43. The normalized spacial score (nSPS) is 24.5. The Hall–Kier alpha value is 0. The van der Waals surface area contributed by atoms with Crippen LogP contribution in [0, 0.1) is 44.3 Å². The van der Waals surface area contributed by atoms with Crippen molar-refractivity contribution >= 4 is 0 Å². The highest BCUT2D eigenvalue weighted by Crippen LogP contribution is 2.63. The number of rotatable bonds is 1. The van der Waals surface area contributed by atoms with E-state index in [1.807, 2.05) is 0 Å². The van der Waals surface area contributed by atoms with Crippen LogP contribution in [0.25, 0.3) is 0 Å². The third-order valence-electron chi connectivity index (χ3n) is 7.36. The Morgan fingerprint density at radius 1 is 0.615 bits per heavy atom. The van der Waals surface area contributed by atoms with Crippen molar-refractivity contribution in [2.75, 3.05) is 0 Å². The van der Waals surface area contributed by atoms with Crippen molar-refractivity contribution in [3.8, 4) is 0 Å². The third kappa shape index (κ3) is 6.87. The molecule has 0 aromatic carbocycles. The zero-order valence-electron chi connectivity index (χ0n) is 21.6. The molecule has 26 heavy (non-hydrogen) atoms. The second-order valence-electron chi connectivity index (χ2n) is 14.8. The minimum Gasteiger partial charge on any atom is -0.0602 e. The second kappa shape index (κ2) is 7.44. The topological polar surface area (TPSA) is 0 Å². The van der Waals surface area contributed by atoms with Crippen molar-refractivity contribution in [3.05, 3.63) is 0 Å². The highest BCUT2D eigenvalue weighted by atomic mass is 14.6. The molecule has 1 fully saturated rings. The highest BCUT2D eigenvalue weighted by molar-refractivity contribution is 5.04. The van der Waals surface area contributed by atoms with Gasteiger partial charge in [-0.05, 0) is 57.2 Å². The number of hydrogen-bond donors (Lipinski definition) is 0. The summed E-state index contributed by atoms with van der Waals surface area (Å²) in [6, 6.07) is 0. The Labute approximate surface area is 168 Å². The molecule has 0 aromatic heterocycles. The summed E-state index contributed by atoms with van der Waals surface area (Å²) in [7, 11) is 0. The molecule has 1 rings (SSSR count). The number of hydrogen-bond acceptors (Lipinski definition) is 0. The first-order valence-electron chi connectivity index (χ1n) is 10.9. The van der Waals surface area contributed by atoms with Crippen LogP contribution in [0.1, 0.15) is 124 Å². The van der Waals surface area contributed by atoms with E-state index in [0.29, 0.717) is 32.5 Å². The zero-order chi connectivity index (χ0) is 21.6. The summed E-state index contributed by atoms with van der Waals surface area (Å²) in [6.45, 7) is 37.9. The molecular weight excluding hydrogens is 312 g/mol. The van der Waals surface area contributed by atoms with Gasteiger partial charge in [0.2, 0.25) is 0 Å². The fourth-order valence-corrected chi connectivity index (χ4v) is 5.46.